The molecule has 1 amide bonds. The minimum absolute atomic E-state index is 0.200. The fraction of sp³-hybridized carbons (Fsp3) is 0.278. The van der Waals surface area contributed by atoms with E-state index in [2.05, 4.69) is 9.72 Å². The van der Waals surface area contributed by atoms with Crippen LogP contribution in [-0.4, -0.2) is 30.8 Å². The molecule has 2 aromatic rings. The molecule has 0 saturated carbocycles. The minimum atomic E-state index is -5.33. The number of aryl methyl sites for hydroxylation is 2. The Bertz CT molecular complexity index is 882. The number of pyridine rings is 1. The van der Waals surface area contributed by atoms with Gasteiger partial charge < -0.3 is 4.74 Å². The molecular formula is C18H18F4N3O3+. The van der Waals surface area contributed by atoms with Crippen LogP contribution in [0, 0.1) is 19.7 Å². The number of halogens is 4. The smallest absolute Gasteiger partial charge is 0.464 e. The van der Waals surface area contributed by atoms with E-state index in [1.165, 1.54) is 18.2 Å². The Balaban J connectivity index is 2.56. The molecule has 0 aliphatic carbocycles. The monoisotopic (exact) mass is 400 g/mol. The lowest BCUT2D eigenvalue weighted by Gasteiger charge is -2.30. The van der Waals surface area contributed by atoms with Gasteiger partial charge in [0.05, 0.1) is 18.4 Å². The van der Waals surface area contributed by atoms with E-state index in [-0.39, 0.29) is 5.82 Å². The highest BCUT2D eigenvalue weighted by Gasteiger charge is 2.67. The van der Waals surface area contributed by atoms with Crippen LogP contribution in [0.2, 0.25) is 0 Å². The molecule has 0 bridgehead atoms. The van der Waals surface area contributed by atoms with Gasteiger partial charge in [0, 0.05) is 6.07 Å². The minimum Gasteiger partial charge on any atom is -0.464 e. The summed E-state index contributed by atoms with van der Waals surface area (Å²) in [6.45, 7) is 3.24. The third kappa shape index (κ3) is 4.21. The summed E-state index contributed by atoms with van der Waals surface area (Å²) in [7, 11) is 0.741. The second-order valence-corrected chi connectivity index (χ2v) is 6.05. The van der Waals surface area contributed by atoms with Gasteiger partial charge in [-0.25, -0.2) is 19.5 Å². The zero-order valence-corrected chi connectivity index (χ0v) is 15.2. The zero-order valence-electron chi connectivity index (χ0n) is 15.2. The second kappa shape index (κ2) is 7.83. The van der Waals surface area contributed by atoms with Crippen molar-refractivity contribution in [2.45, 2.75) is 25.7 Å². The number of ether oxygens (including phenoxy) is 1. The first-order chi connectivity index (χ1) is 13.0. The topological polar surface area (TPSA) is 81.6 Å². The van der Waals surface area contributed by atoms with Gasteiger partial charge in [-0.15, -0.1) is 0 Å². The molecule has 1 heterocycles. The van der Waals surface area contributed by atoms with Crippen molar-refractivity contribution in [2.24, 2.45) is 0 Å². The molecule has 0 aliphatic rings. The largest absolute Gasteiger partial charge is 0.464 e. The number of benzene rings is 1. The Labute approximate surface area is 157 Å². The van der Waals surface area contributed by atoms with Gasteiger partial charge >= 0.3 is 17.8 Å². The molecule has 0 aliphatic heterocycles. The number of rotatable bonds is 5. The van der Waals surface area contributed by atoms with Crippen molar-refractivity contribution in [3.63, 3.8) is 0 Å². The number of nitrogens with one attached hydrogen (secondary N) is 3. The van der Waals surface area contributed by atoms with Crippen molar-refractivity contribution in [1.82, 2.24) is 5.32 Å². The van der Waals surface area contributed by atoms with E-state index in [1.807, 2.05) is 5.32 Å². The number of aromatic amines is 1. The number of esters is 1. The number of hydrogen-bond acceptors (Lipinski definition) is 4. The van der Waals surface area contributed by atoms with Crippen molar-refractivity contribution in [2.75, 3.05) is 12.4 Å². The normalized spacial score (nSPS) is 13.4. The lowest BCUT2D eigenvalue weighted by molar-refractivity contribution is -0.372. The molecule has 6 nitrogen and oxygen atoms in total. The van der Waals surface area contributed by atoms with Crippen LogP contribution in [0.15, 0.2) is 36.4 Å². The van der Waals surface area contributed by atoms with E-state index in [9.17, 15) is 27.2 Å². The van der Waals surface area contributed by atoms with Gasteiger partial charge in [0.1, 0.15) is 5.82 Å². The van der Waals surface area contributed by atoms with Crippen LogP contribution in [0.5, 0.6) is 0 Å². The van der Waals surface area contributed by atoms with E-state index in [4.69, 9.17) is 0 Å². The summed E-state index contributed by atoms with van der Waals surface area (Å²) in [6, 6.07) is 7.42. The maximum Gasteiger partial charge on any atom is 0.464 e. The summed E-state index contributed by atoms with van der Waals surface area (Å²) in [5.74, 6) is -4.51. The predicted octanol–water partition coefficient (Wildman–Crippen LogP) is 2.53. The van der Waals surface area contributed by atoms with Gasteiger partial charge in [0.15, 0.2) is 0 Å². The molecule has 1 aromatic carbocycles. The Morgan fingerprint density at radius 1 is 1.11 bits per heavy atom. The summed E-state index contributed by atoms with van der Waals surface area (Å²) in [4.78, 5) is 27.2. The van der Waals surface area contributed by atoms with Crippen molar-refractivity contribution in [1.29, 1.82) is 0 Å². The second-order valence-electron chi connectivity index (χ2n) is 6.05. The van der Waals surface area contributed by atoms with E-state index in [0.717, 1.165) is 19.2 Å². The molecule has 0 unspecified atom stereocenters. The molecule has 1 aromatic heterocycles. The molecule has 0 radical (unpaired) electrons. The average Bonchev–Trinajstić information content (AvgIpc) is 2.58. The van der Waals surface area contributed by atoms with Gasteiger partial charge in [-0.05, 0) is 37.6 Å². The first-order valence-corrected chi connectivity index (χ1v) is 8.01. The highest BCUT2D eigenvalue weighted by Crippen LogP contribution is 2.33. The number of hydrogen-bond donors (Lipinski definition) is 2. The van der Waals surface area contributed by atoms with Crippen LogP contribution in [0.3, 0.4) is 0 Å². The summed E-state index contributed by atoms with van der Waals surface area (Å²) in [5.41, 5.74) is -3.21. The standard InChI is InChI=1S/C18H17F4N3O3/c1-10-8-11(2)23-14(9-10)24-17(16(27)28-3,18(20,21)22)25-15(26)12-6-4-5-7-13(12)19/h4-9H,1-3H3,(H,23,24)(H,25,26)/p+1/t17-/m0/s1. The molecule has 1 atom stereocenters. The maximum atomic E-state index is 14.0. The van der Waals surface area contributed by atoms with Gasteiger partial charge in [0.2, 0.25) is 0 Å². The van der Waals surface area contributed by atoms with Crippen LogP contribution in [0.25, 0.3) is 0 Å². The quantitative estimate of drug-likeness (QED) is 0.459. The van der Waals surface area contributed by atoms with Crippen LogP contribution < -0.4 is 15.6 Å². The fourth-order valence-corrected chi connectivity index (χ4v) is 2.59. The molecule has 2 rings (SSSR count). The van der Waals surface area contributed by atoms with Crippen molar-refractivity contribution in [3.05, 3.63) is 59.0 Å². The molecule has 0 spiro atoms. The number of carbonyl (C=O) groups is 2. The van der Waals surface area contributed by atoms with E-state index in [1.54, 1.807) is 25.2 Å². The zero-order chi connectivity index (χ0) is 21.1. The number of methoxy groups -OCH3 is 1. The molecule has 150 valence electrons. The van der Waals surface area contributed by atoms with Crippen molar-refractivity contribution < 1.29 is 36.9 Å². The SMILES string of the molecule is COC(=O)[C@@](NC(=O)c1ccccc1F)(Nc1cc(C)cc(C)[nH+]1)C(F)(F)F. The summed E-state index contributed by atoms with van der Waals surface area (Å²) in [5, 5.41) is 3.53. The van der Waals surface area contributed by atoms with Crippen LogP contribution in [-0.2, 0) is 9.53 Å². The lowest BCUT2D eigenvalue weighted by atomic mass is 10.1. The molecular weight excluding hydrogens is 382 g/mol. The highest BCUT2D eigenvalue weighted by atomic mass is 19.4. The molecule has 0 saturated heterocycles. The Morgan fingerprint density at radius 3 is 2.29 bits per heavy atom. The Kier molecular flexibility index (Phi) is 5.91. The molecule has 28 heavy (non-hydrogen) atoms. The van der Waals surface area contributed by atoms with E-state index >= 15 is 0 Å². The highest BCUT2D eigenvalue weighted by molar-refractivity contribution is 5.99. The van der Waals surface area contributed by atoms with Crippen molar-refractivity contribution in [3.8, 4) is 0 Å². The molecule has 10 heteroatoms. The first-order valence-electron chi connectivity index (χ1n) is 8.01. The van der Waals surface area contributed by atoms with Crippen LogP contribution in [0.4, 0.5) is 23.4 Å². The van der Waals surface area contributed by atoms with Crippen LogP contribution in [0.1, 0.15) is 21.6 Å². The van der Waals surface area contributed by atoms with Gasteiger partial charge in [0.25, 0.3) is 11.7 Å². The molecule has 3 N–H and O–H groups in total. The average molecular weight is 400 g/mol. The number of H-pyrrole nitrogens is 1. The number of carbonyl (C=O) groups excluding carboxylic acids is 2. The van der Waals surface area contributed by atoms with E-state index < -0.39 is 35.1 Å². The summed E-state index contributed by atoms with van der Waals surface area (Å²) < 4.78 is 60.1. The fourth-order valence-electron chi connectivity index (χ4n) is 2.59. The van der Waals surface area contributed by atoms with Crippen molar-refractivity contribution >= 4 is 17.7 Å². The van der Waals surface area contributed by atoms with Gasteiger partial charge in [-0.2, -0.15) is 13.2 Å². The van der Waals surface area contributed by atoms with Crippen LogP contribution >= 0.6 is 0 Å². The third-order valence-electron chi connectivity index (χ3n) is 3.81. The number of aromatic nitrogens is 1. The van der Waals surface area contributed by atoms with Gasteiger partial charge in [-0.3, -0.25) is 10.1 Å². The number of anilines is 1. The third-order valence-corrected chi connectivity index (χ3v) is 3.81. The number of alkyl halides is 3. The molecule has 0 fully saturated rings. The predicted molar refractivity (Wildman–Crippen MR) is 90.8 cm³/mol. The lowest BCUT2D eigenvalue weighted by Crippen LogP contribution is -2.69. The summed E-state index contributed by atoms with van der Waals surface area (Å²) >= 11 is 0. The summed E-state index contributed by atoms with van der Waals surface area (Å²) in [6.07, 6.45) is -5.33. The van der Waals surface area contributed by atoms with Gasteiger partial charge in [-0.1, -0.05) is 12.1 Å². The first kappa shape index (κ1) is 21.1. The van der Waals surface area contributed by atoms with E-state index in [0.29, 0.717) is 11.3 Å². The Hall–Kier alpha value is -3.17. The number of amides is 1. The Morgan fingerprint density at radius 2 is 1.75 bits per heavy atom. The maximum absolute atomic E-state index is 14.0.